The second kappa shape index (κ2) is 15.1. The summed E-state index contributed by atoms with van der Waals surface area (Å²) in [5.74, 6) is 0.152. The molecule has 0 radical (unpaired) electrons. The number of aromatic hydroxyl groups is 1. The molecule has 0 amide bonds. The minimum absolute atomic E-state index is 0.152. The van der Waals surface area contributed by atoms with Gasteiger partial charge in [0.15, 0.2) is 5.75 Å². The Morgan fingerprint density at radius 3 is 1.93 bits per heavy atom. The van der Waals surface area contributed by atoms with Crippen LogP contribution < -0.4 is 10.6 Å². The molecule has 5 heteroatoms. The van der Waals surface area contributed by atoms with Gasteiger partial charge in [0.25, 0.3) is 0 Å². The van der Waals surface area contributed by atoms with Gasteiger partial charge in [0.05, 0.1) is 5.69 Å². The number of benzene rings is 3. The molecular formula is C24H36N4O. The predicted octanol–water partition coefficient (Wildman–Crippen LogP) is 7.20. The number of hydrogen-bond acceptors (Lipinski definition) is 5. The molecule has 29 heavy (non-hydrogen) atoms. The van der Waals surface area contributed by atoms with Gasteiger partial charge in [-0.3, -0.25) is 0 Å². The first-order chi connectivity index (χ1) is 14.1. The molecule has 0 fully saturated rings. The third kappa shape index (κ3) is 7.54. The Hall–Kier alpha value is -2.92. The van der Waals surface area contributed by atoms with Crippen LogP contribution in [0.2, 0.25) is 0 Å². The molecule has 0 aromatic heterocycles. The molecule has 3 N–H and O–H groups in total. The van der Waals surface area contributed by atoms with Crippen LogP contribution in [0.4, 0.5) is 17.1 Å². The average molecular weight is 397 g/mol. The van der Waals surface area contributed by atoms with Gasteiger partial charge in [-0.1, -0.05) is 58.0 Å². The highest BCUT2D eigenvalue weighted by Gasteiger charge is 2.12. The summed E-state index contributed by atoms with van der Waals surface area (Å²) in [6, 6.07) is 17.3. The molecule has 3 rings (SSSR count). The standard InChI is InChI=1S/C18H17N3O.C2H7N.2C2H6/c1-12-11-13-7-6-10-15(19-2)16(13)18(22)17(12)21-20-14-8-4-3-5-9-14;1-3-2;2*1-2/h3-11,19,22H,1-2H3;3H,1-2H3;2*1-2H3. The van der Waals surface area contributed by atoms with Crippen molar-refractivity contribution < 1.29 is 5.11 Å². The molecule has 0 spiro atoms. The number of azo groups is 1. The number of phenols is 1. The third-order valence-corrected chi connectivity index (χ3v) is 3.59. The molecule has 3 aromatic rings. The molecule has 0 aliphatic heterocycles. The Morgan fingerprint density at radius 2 is 1.38 bits per heavy atom. The molecule has 158 valence electrons. The highest BCUT2D eigenvalue weighted by Crippen LogP contribution is 2.41. The van der Waals surface area contributed by atoms with Crippen LogP contribution in [0.25, 0.3) is 10.8 Å². The summed E-state index contributed by atoms with van der Waals surface area (Å²) in [5, 5.41) is 26.7. The van der Waals surface area contributed by atoms with E-state index < -0.39 is 0 Å². The zero-order valence-electron chi connectivity index (χ0n) is 19.0. The van der Waals surface area contributed by atoms with Gasteiger partial charge in [-0.05, 0) is 56.2 Å². The van der Waals surface area contributed by atoms with Crippen molar-refractivity contribution in [3.8, 4) is 5.75 Å². The van der Waals surface area contributed by atoms with E-state index in [9.17, 15) is 5.11 Å². The molecule has 0 aliphatic rings. The van der Waals surface area contributed by atoms with E-state index in [-0.39, 0.29) is 5.75 Å². The van der Waals surface area contributed by atoms with E-state index in [0.717, 1.165) is 27.7 Å². The van der Waals surface area contributed by atoms with Crippen LogP contribution in [-0.2, 0) is 0 Å². The highest BCUT2D eigenvalue weighted by molar-refractivity contribution is 6.02. The molecule has 0 saturated heterocycles. The quantitative estimate of drug-likeness (QED) is 0.410. The number of nitrogens with one attached hydrogen (secondary N) is 2. The van der Waals surface area contributed by atoms with Crippen molar-refractivity contribution in [3.05, 3.63) is 60.2 Å². The fourth-order valence-electron chi connectivity index (χ4n) is 2.50. The predicted molar refractivity (Wildman–Crippen MR) is 128 cm³/mol. The summed E-state index contributed by atoms with van der Waals surface area (Å²) < 4.78 is 0. The van der Waals surface area contributed by atoms with Gasteiger partial charge in [0.1, 0.15) is 5.69 Å². The van der Waals surface area contributed by atoms with Crippen molar-refractivity contribution >= 4 is 27.8 Å². The van der Waals surface area contributed by atoms with Crippen LogP contribution >= 0.6 is 0 Å². The van der Waals surface area contributed by atoms with E-state index in [2.05, 4.69) is 20.9 Å². The van der Waals surface area contributed by atoms with E-state index in [0.29, 0.717) is 5.69 Å². The maximum Gasteiger partial charge on any atom is 0.153 e. The number of anilines is 1. The fourth-order valence-corrected chi connectivity index (χ4v) is 2.50. The van der Waals surface area contributed by atoms with Crippen LogP contribution in [0.1, 0.15) is 33.3 Å². The number of fused-ring (bicyclic) bond motifs is 1. The maximum absolute atomic E-state index is 10.6. The van der Waals surface area contributed by atoms with Crippen LogP contribution in [0.15, 0.2) is 64.8 Å². The van der Waals surface area contributed by atoms with Gasteiger partial charge < -0.3 is 15.7 Å². The van der Waals surface area contributed by atoms with Gasteiger partial charge >= 0.3 is 0 Å². The third-order valence-electron chi connectivity index (χ3n) is 3.59. The summed E-state index contributed by atoms with van der Waals surface area (Å²) in [7, 11) is 5.58. The first-order valence-electron chi connectivity index (χ1n) is 10.1. The van der Waals surface area contributed by atoms with Crippen LogP contribution in [0.3, 0.4) is 0 Å². The lowest BCUT2D eigenvalue weighted by molar-refractivity contribution is 0.482. The first-order valence-corrected chi connectivity index (χ1v) is 10.1. The maximum atomic E-state index is 10.6. The summed E-state index contributed by atoms with van der Waals surface area (Å²) in [4.78, 5) is 0. The molecule has 0 saturated carbocycles. The van der Waals surface area contributed by atoms with Gasteiger partial charge in [0.2, 0.25) is 0 Å². The van der Waals surface area contributed by atoms with E-state index in [1.165, 1.54) is 0 Å². The lowest BCUT2D eigenvalue weighted by atomic mass is 10.0. The van der Waals surface area contributed by atoms with Crippen molar-refractivity contribution in [1.29, 1.82) is 0 Å². The van der Waals surface area contributed by atoms with E-state index in [4.69, 9.17) is 0 Å². The molecule has 0 bridgehead atoms. The Labute approximate surface area is 175 Å². The fraction of sp³-hybridized carbons (Fsp3) is 0.333. The lowest BCUT2D eigenvalue weighted by Crippen LogP contribution is -1.90. The number of phenolic OH excluding ortho intramolecular Hbond substituents is 1. The minimum atomic E-state index is 0.152. The Bertz CT molecular complexity index is 862. The highest BCUT2D eigenvalue weighted by atomic mass is 16.3. The Kier molecular flexibility index (Phi) is 13.5. The summed E-state index contributed by atoms with van der Waals surface area (Å²) in [6.07, 6.45) is 0. The zero-order valence-corrected chi connectivity index (χ0v) is 19.0. The summed E-state index contributed by atoms with van der Waals surface area (Å²) in [6.45, 7) is 9.92. The normalized spacial score (nSPS) is 9.52. The lowest BCUT2D eigenvalue weighted by Gasteiger charge is -2.11. The number of aryl methyl sites for hydroxylation is 1. The van der Waals surface area contributed by atoms with E-state index >= 15 is 0 Å². The van der Waals surface area contributed by atoms with Gasteiger partial charge in [-0.15, -0.1) is 5.11 Å². The number of hydrogen-bond donors (Lipinski definition) is 3. The second-order valence-corrected chi connectivity index (χ2v) is 5.58. The van der Waals surface area contributed by atoms with Crippen molar-refractivity contribution in [2.45, 2.75) is 34.6 Å². The second-order valence-electron chi connectivity index (χ2n) is 5.58. The number of rotatable bonds is 3. The molecule has 5 nitrogen and oxygen atoms in total. The smallest absolute Gasteiger partial charge is 0.153 e. The van der Waals surface area contributed by atoms with Crippen LogP contribution in [-0.4, -0.2) is 26.2 Å². The summed E-state index contributed by atoms with van der Waals surface area (Å²) in [5.41, 5.74) is 3.01. The molecule has 0 atom stereocenters. The first kappa shape index (κ1) is 26.1. The Balaban J connectivity index is 0.00000100. The molecule has 0 unspecified atom stereocenters. The topological polar surface area (TPSA) is 69.0 Å². The van der Waals surface area contributed by atoms with Crippen molar-refractivity contribution in [2.24, 2.45) is 10.2 Å². The minimum Gasteiger partial charge on any atom is -0.505 e. The van der Waals surface area contributed by atoms with Crippen LogP contribution in [0.5, 0.6) is 5.75 Å². The van der Waals surface area contributed by atoms with Gasteiger partial charge in [-0.25, -0.2) is 0 Å². The van der Waals surface area contributed by atoms with Crippen molar-refractivity contribution in [3.63, 3.8) is 0 Å². The largest absolute Gasteiger partial charge is 0.505 e. The van der Waals surface area contributed by atoms with Crippen molar-refractivity contribution in [2.75, 3.05) is 26.5 Å². The summed E-state index contributed by atoms with van der Waals surface area (Å²) >= 11 is 0. The molecule has 3 aromatic carbocycles. The Morgan fingerprint density at radius 1 is 0.793 bits per heavy atom. The van der Waals surface area contributed by atoms with Crippen molar-refractivity contribution in [1.82, 2.24) is 5.32 Å². The molecule has 0 heterocycles. The van der Waals surface area contributed by atoms with Crippen LogP contribution in [0, 0.1) is 6.92 Å². The van der Waals surface area contributed by atoms with Gasteiger partial charge in [0, 0.05) is 18.1 Å². The molecule has 0 aliphatic carbocycles. The monoisotopic (exact) mass is 396 g/mol. The van der Waals surface area contributed by atoms with Gasteiger partial charge in [-0.2, -0.15) is 5.11 Å². The average Bonchev–Trinajstić information content (AvgIpc) is 2.77. The van der Waals surface area contributed by atoms with E-state index in [1.807, 2.05) is 110 Å². The number of nitrogens with zero attached hydrogens (tertiary/aromatic N) is 2. The molecular weight excluding hydrogens is 360 g/mol. The SMILES string of the molecule is CC.CC.CNC.CNc1cccc2cc(C)c(N=Nc3ccccc3)c(O)c12. The van der Waals surface area contributed by atoms with E-state index in [1.54, 1.807) is 0 Å². The zero-order chi connectivity index (χ0) is 22.2.